The first-order valence-corrected chi connectivity index (χ1v) is 12.2. The normalized spacial score (nSPS) is 23.7. The number of rotatable bonds is 6. The van der Waals surface area contributed by atoms with E-state index in [0.717, 1.165) is 31.9 Å². The summed E-state index contributed by atoms with van der Waals surface area (Å²) in [6.45, 7) is 6.31. The largest absolute Gasteiger partial charge is 0.379 e. The van der Waals surface area contributed by atoms with Crippen LogP contribution in [0.4, 0.5) is 0 Å². The molecular formula is C21H35IN4O3S. The summed E-state index contributed by atoms with van der Waals surface area (Å²) >= 11 is 0. The number of halogens is 1. The van der Waals surface area contributed by atoms with Gasteiger partial charge in [-0.05, 0) is 23.8 Å². The minimum absolute atomic E-state index is 0. The number of nitrogens with one attached hydrogen (secondary N) is 1. The summed E-state index contributed by atoms with van der Waals surface area (Å²) in [6, 6.07) is 10.8. The second-order valence-electron chi connectivity index (χ2n) is 7.72. The predicted octanol–water partition coefficient (Wildman–Crippen LogP) is 2.36. The standard InChI is InChI=1S/C21H34N4O3S.HI/c1-3-18-17-24(11-9-20(18)19-7-5-4-6-8-19)21(22-2)23-10-16-29(26,27)25-12-14-28-15-13-25;/h4-8,18,20H,3,9-17H2,1-2H3,(H,22,23);1H. The van der Waals surface area contributed by atoms with Crippen LogP contribution in [0.3, 0.4) is 0 Å². The first kappa shape index (κ1) is 25.4. The molecule has 7 nitrogen and oxygen atoms in total. The third-order valence-corrected chi connectivity index (χ3v) is 7.88. The SMILES string of the molecule is CCC1CN(C(=NC)NCCS(=O)(=O)N2CCOCC2)CCC1c1ccccc1.I. The van der Waals surface area contributed by atoms with Gasteiger partial charge < -0.3 is 15.0 Å². The molecule has 1 N–H and O–H groups in total. The summed E-state index contributed by atoms with van der Waals surface area (Å²) < 4.78 is 31.8. The van der Waals surface area contributed by atoms with Gasteiger partial charge in [0, 0.05) is 39.8 Å². The lowest BCUT2D eigenvalue weighted by molar-refractivity contribution is 0.0730. The first-order valence-electron chi connectivity index (χ1n) is 10.6. The number of likely N-dealkylation sites (tertiary alicyclic amines) is 1. The fourth-order valence-corrected chi connectivity index (χ4v) is 5.68. The van der Waals surface area contributed by atoms with E-state index in [1.165, 1.54) is 9.87 Å². The number of guanidine groups is 1. The second-order valence-corrected chi connectivity index (χ2v) is 9.81. The van der Waals surface area contributed by atoms with Crippen LogP contribution in [0.25, 0.3) is 0 Å². The molecule has 1 aromatic carbocycles. The Morgan fingerprint density at radius 2 is 1.90 bits per heavy atom. The number of nitrogens with zero attached hydrogens (tertiary/aromatic N) is 3. The Balaban J connectivity index is 0.00000320. The molecule has 0 spiro atoms. The van der Waals surface area contributed by atoms with Crippen molar-refractivity contribution in [2.24, 2.45) is 10.9 Å². The van der Waals surface area contributed by atoms with Crippen LogP contribution in [-0.2, 0) is 14.8 Å². The van der Waals surface area contributed by atoms with Crippen LogP contribution >= 0.6 is 24.0 Å². The molecule has 2 aliphatic rings. The summed E-state index contributed by atoms with van der Waals surface area (Å²) in [7, 11) is -1.49. The van der Waals surface area contributed by atoms with E-state index in [1.807, 2.05) is 0 Å². The summed E-state index contributed by atoms with van der Waals surface area (Å²) in [6.07, 6.45) is 2.19. The highest BCUT2D eigenvalue weighted by Crippen LogP contribution is 2.34. The smallest absolute Gasteiger partial charge is 0.215 e. The van der Waals surface area contributed by atoms with E-state index >= 15 is 0 Å². The molecule has 0 radical (unpaired) electrons. The summed E-state index contributed by atoms with van der Waals surface area (Å²) in [5.41, 5.74) is 1.42. The van der Waals surface area contributed by atoms with Gasteiger partial charge in [0.05, 0.1) is 19.0 Å². The van der Waals surface area contributed by atoms with Gasteiger partial charge in [-0.2, -0.15) is 4.31 Å². The fourth-order valence-electron chi connectivity index (χ4n) is 4.36. The van der Waals surface area contributed by atoms with Crippen LogP contribution < -0.4 is 5.32 Å². The number of benzene rings is 1. The molecule has 2 heterocycles. The van der Waals surface area contributed by atoms with Crippen LogP contribution in [0, 0.1) is 5.92 Å². The van der Waals surface area contributed by atoms with Crippen molar-refractivity contribution in [3.63, 3.8) is 0 Å². The molecule has 2 aliphatic heterocycles. The van der Waals surface area contributed by atoms with Crippen molar-refractivity contribution in [1.82, 2.24) is 14.5 Å². The molecule has 0 bridgehead atoms. The zero-order chi connectivity index (χ0) is 20.7. The highest BCUT2D eigenvalue weighted by atomic mass is 127. The van der Waals surface area contributed by atoms with Gasteiger partial charge in [-0.1, -0.05) is 43.7 Å². The Kier molecular flexibility index (Phi) is 10.3. The maximum Gasteiger partial charge on any atom is 0.215 e. The Morgan fingerprint density at radius 3 is 2.53 bits per heavy atom. The monoisotopic (exact) mass is 550 g/mol. The quantitative estimate of drug-likeness (QED) is 0.335. The number of aliphatic imine (C=N–C) groups is 1. The molecule has 0 aliphatic carbocycles. The molecule has 0 amide bonds. The van der Waals surface area contributed by atoms with Crippen LogP contribution in [-0.4, -0.2) is 82.3 Å². The highest BCUT2D eigenvalue weighted by Gasteiger charge is 2.31. The van der Waals surface area contributed by atoms with E-state index < -0.39 is 10.0 Å². The number of piperidine rings is 1. The lowest BCUT2D eigenvalue weighted by Gasteiger charge is -2.40. The minimum atomic E-state index is -3.26. The number of morpholine rings is 1. The van der Waals surface area contributed by atoms with Gasteiger partial charge in [0.25, 0.3) is 0 Å². The van der Waals surface area contributed by atoms with E-state index in [2.05, 4.69) is 52.5 Å². The molecule has 2 saturated heterocycles. The molecule has 2 fully saturated rings. The van der Waals surface area contributed by atoms with E-state index in [-0.39, 0.29) is 29.7 Å². The van der Waals surface area contributed by atoms with Gasteiger partial charge in [0.1, 0.15) is 0 Å². The van der Waals surface area contributed by atoms with E-state index in [1.54, 1.807) is 7.05 Å². The molecule has 3 rings (SSSR count). The van der Waals surface area contributed by atoms with Crippen molar-refractivity contribution in [2.75, 3.05) is 58.7 Å². The Bertz CT molecular complexity index is 770. The zero-order valence-corrected chi connectivity index (χ0v) is 21.1. The van der Waals surface area contributed by atoms with Crippen molar-refractivity contribution in [3.05, 3.63) is 35.9 Å². The van der Waals surface area contributed by atoms with Gasteiger partial charge >= 0.3 is 0 Å². The molecule has 2 atom stereocenters. The molecule has 2 unspecified atom stereocenters. The molecule has 1 aromatic rings. The van der Waals surface area contributed by atoms with E-state index in [4.69, 9.17) is 4.74 Å². The third kappa shape index (κ3) is 6.54. The molecule has 0 saturated carbocycles. The van der Waals surface area contributed by atoms with Crippen molar-refractivity contribution in [3.8, 4) is 0 Å². The second kappa shape index (κ2) is 12.2. The van der Waals surface area contributed by atoms with Gasteiger partial charge in [0.2, 0.25) is 10.0 Å². The Labute approximate surface area is 198 Å². The molecule has 170 valence electrons. The van der Waals surface area contributed by atoms with Crippen LogP contribution in [0.5, 0.6) is 0 Å². The van der Waals surface area contributed by atoms with Gasteiger partial charge in [-0.3, -0.25) is 4.99 Å². The third-order valence-electron chi connectivity index (χ3n) is 6.00. The van der Waals surface area contributed by atoms with E-state index in [9.17, 15) is 8.42 Å². The first-order chi connectivity index (χ1) is 14.0. The Hall–Kier alpha value is -0.910. The zero-order valence-electron chi connectivity index (χ0n) is 18.0. The Morgan fingerprint density at radius 1 is 1.20 bits per heavy atom. The maximum absolute atomic E-state index is 12.5. The van der Waals surface area contributed by atoms with Gasteiger partial charge in [0.15, 0.2) is 5.96 Å². The predicted molar refractivity (Wildman–Crippen MR) is 132 cm³/mol. The van der Waals surface area contributed by atoms with Crippen molar-refractivity contribution in [2.45, 2.75) is 25.7 Å². The van der Waals surface area contributed by atoms with Gasteiger partial charge in [-0.15, -0.1) is 24.0 Å². The van der Waals surface area contributed by atoms with Crippen molar-refractivity contribution >= 4 is 40.0 Å². The van der Waals surface area contributed by atoms with Crippen LogP contribution in [0.15, 0.2) is 35.3 Å². The summed E-state index contributed by atoms with van der Waals surface area (Å²) in [5, 5.41) is 3.27. The van der Waals surface area contributed by atoms with E-state index in [0.29, 0.717) is 44.7 Å². The molecular weight excluding hydrogens is 515 g/mol. The highest BCUT2D eigenvalue weighted by molar-refractivity contribution is 14.0. The molecule has 0 aromatic heterocycles. The average molecular weight is 551 g/mol. The topological polar surface area (TPSA) is 74.2 Å². The van der Waals surface area contributed by atoms with Crippen LogP contribution in [0.2, 0.25) is 0 Å². The number of sulfonamides is 1. The molecule has 9 heteroatoms. The lowest BCUT2D eigenvalue weighted by Crippen LogP contribution is -2.50. The van der Waals surface area contributed by atoms with Crippen LogP contribution in [0.1, 0.15) is 31.2 Å². The summed E-state index contributed by atoms with van der Waals surface area (Å²) in [4.78, 5) is 6.69. The average Bonchev–Trinajstić information content (AvgIpc) is 2.77. The number of hydrogen-bond acceptors (Lipinski definition) is 4. The van der Waals surface area contributed by atoms with Crippen molar-refractivity contribution in [1.29, 1.82) is 0 Å². The van der Waals surface area contributed by atoms with Gasteiger partial charge in [-0.25, -0.2) is 8.42 Å². The minimum Gasteiger partial charge on any atom is -0.379 e. The molecule has 30 heavy (non-hydrogen) atoms. The number of hydrogen-bond donors (Lipinski definition) is 1. The van der Waals surface area contributed by atoms with Crippen molar-refractivity contribution < 1.29 is 13.2 Å². The summed E-state index contributed by atoms with van der Waals surface area (Å²) in [5.74, 6) is 2.00. The number of ether oxygens (including phenoxy) is 1. The fraction of sp³-hybridized carbons (Fsp3) is 0.667. The maximum atomic E-state index is 12.5. The lowest BCUT2D eigenvalue weighted by atomic mass is 9.79.